The van der Waals surface area contributed by atoms with Crippen molar-refractivity contribution in [2.24, 2.45) is 0 Å². The number of fused-ring (bicyclic) bond motifs is 1. The number of hydrogen-bond acceptors (Lipinski definition) is 3. The molecule has 1 heterocycles. The summed E-state index contributed by atoms with van der Waals surface area (Å²) in [7, 11) is 0. The molecule has 0 saturated heterocycles. The van der Waals surface area contributed by atoms with Crippen LogP contribution in [0.15, 0.2) is 75.7 Å². The first-order valence-corrected chi connectivity index (χ1v) is 12.0. The lowest BCUT2D eigenvalue weighted by atomic mass is 10.2. The van der Waals surface area contributed by atoms with Gasteiger partial charge in [-0.15, -0.1) is 0 Å². The number of benzene rings is 3. The molecule has 3 aromatic carbocycles. The minimum Gasteiger partial charge on any atom is -0.321 e. The fraction of sp³-hybridized carbons (Fsp3) is 0. The van der Waals surface area contributed by atoms with Gasteiger partial charge in [0, 0.05) is 25.0 Å². The van der Waals surface area contributed by atoms with Gasteiger partial charge in [-0.25, -0.2) is 4.68 Å². The minimum atomic E-state index is -0.996. The zero-order chi connectivity index (χ0) is 24.4. The first-order valence-electron chi connectivity index (χ1n) is 9.66. The number of nitrogens with one attached hydrogen (secondary N) is 3. The van der Waals surface area contributed by atoms with Crippen molar-refractivity contribution in [3.05, 3.63) is 91.4 Å². The molecule has 34 heavy (non-hydrogen) atoms. The van der Waals surface area contributed by atoms with Crippen LogP contribution >= 0.6 is 55.1 Å². The van der Waals surface area contributed by atoms with Crippen molar-refractivity contribution in [3.8, 4) is 0 Å². The molecule has 0 aliphatic carbocycles. The van der Waals surface area contributed by atoms with E-state index in [0.717, 1.165) is 8.95 Å². The summed E-state index contributed by atoms with van der Waals surface area (Å²) >= 11 is 18.7. The molecule has 0 atom stereocenters. The van der Waals surface area contributed by atoms with E-state index in [-0.39, 0.29) is 16.4 Å². The van der Waals surface area contributed by atoms with E-state index in [0.29, 0.717) is 21.6 Å². The first-order chi connectivity index (χ1) is 16.2. The van der Waals surface area contributed by atoms with Gasteiger partial charge in [0.05, 0.1) is 16.2 Å². The van der Waals surface area contributed by atoms with Crippen LogP contribution in [-0.4, -0.2) is 22.4 Å². The second-order valence-corrected chi connectivity index (χ2v) is 9.72. The van der Waals surface area contributed by atoms with E-state index in [1.165, 1.54) is 22.9 Å². The van der Waals surface area contributed by atoms with Gasteiger partial charge in [0.1, 0.15) is 5.69 Å². The molecular formula is C23H14Br2Cl2N4O3. The predicted molar refractivity (Wildman–Crippen MR) is 141 cm³/mol. The summed E-state index contributed by atoms with van der Waals surface area (Å²) in [5.41, 5.74) is 3.93. The highest BCUT2D eigenvalue weighted by Gasteiger charge is 2.22. The van der Waals surface area contributed by atoms with E-state index in [4.69, 9.17) is 23.2 Å². The smallest absolute Gasteiger partial charge is 0.321 e. The number of halogens is 4. The van der Waals surface area contributed by atoms with Crippen LogP contribution in [0.25, 0.3) is 10.9 Å². The Morgan fingerprint density at radius 3 is 2.18 bits per heavy atom. The molecule has 0 aliphatic heterocycles. The van der Waals surface area contributed by atoms with Crippen molar-refractivity contribution in [3.63, 3.8) is 0 Å². The Hall–Kier alpha value is -2.85. The standard InChI is InChI=1S/C23H14Br2Cl2N4O3/c24-13-1-5-16(6-2-13)28-21(32)20-10-12-9-14(25)3-8-19(12)31(20)30-23(34)22(33)29-18-7-4-15(26)11-17(18)27/h1-11H,(H,28,32)(H,29,33)(H,30,34). The molecule has 3 amide bonds. The third-order valence-electron chi connectivity index (χ3n) is 4.70. The fourth-order valence-electron chi connectivity index (χ4n) is 3.12. The Balaban J connectivity index is 1.62. The minimum absolute atomic E-state index is 0.127. The van der Waals surface area contributed by atoms with E-state index < -0.39 is 17.7 Å². The van der Waals surface area contributed by atoms with Crippen LogP contribution < -0.4 is 16.1 Å². The number of hydrogen-bond donors (Lipinski definition) is 3. The lowest BCUT2D eigenvalue weighted by molar-refractivity contribution is -0.133. The van der Waals surface area contributed by atoms with Crippen LogP contribution in [-0.2, 0) is 9.59 Å². The topological polar surface area (TPSA) is 92.2 Å². The lowest BCUT2D eigenvalue weighted by Gasteiger charge is -2.13. The van der Waals surface area contributed by atoms with Crippen molar-refractivity contribution in [1.29, 1.82) is 0 Å². The molecule has 0 aliphatic rings. The van der Waals surface area contributed by atoms with Gasteiger partial charge in [0.25, 0.3) is 5.91 Å². The van der Waals surface area contributed by atoms with Crippen LogP contribution in [0, 0.1) is 0 Å². The number of nitrogens with zero attached hydrogens (tertiary/aromatic N) is 1. The molecule has 7 nitrogen and oxygen atoms in total. The highest BCUT2D eigenvalue weighted by atomic mass is 79.9. The van der Waals surface area contributed by atoms with E-state index in [1.807, 2.05) is 0 Å². The first kappa shape index (κ1) is 24.3. The third-order valence-corrected chi connectivity index (χ3v) is 6.27. The zero-order valence-electron chi connectivity index (χ0n) is 17.0. The third kappa shape index (κ3) is 5.44. The normalized spacial score (nSPS) is 10.7. The monoisotopic (exact) mass is 622 g/mol. The summed E-state index contributed by atoms with van der Waals surface area (Å²) in [4.78, 5) is 38.3. The van der Waals surface area contributed by atoms with Crippen LogP contribution in [0.5, 0.6) is 0 Å². The van der Waals surface area contributed by atoms with Gasteiger partial charge < -0.3 is 10.6 Å². The molecule has 4 aromatic rings. The maximum Gasteiger partial charge on any atom is 0.328 e. The SMILES string of the molecule is O=C(Nc1ccc(Cl)cc1Cl)C(=O)Nn1c(C(=O)Nc2ccc(Br)cc2)cc2cc(Br)ccc21. The molecule has 172 valence electrons. The maximum absolute atomic E-state index is 13.1. The Kier molecular flexibility index (Phi) is 7.27. The summed E-state index contributed by atoms with van der Waals surface area (Å²) < 4.78 is 2.92. The molecule has 11 heteroatoms. The van der Waals surface area contributed by atoms with Gasteiger partial charge in [-0.2, -0.15) is 0 Å². The van der Waals surface area contributed by atoms with Gasteiger partial charge in [-0.05, 0) is 66.7 Å². The Morgan fingerprint density at radius 2 is 1.47 bits per heavy atom. The quantitative estimate of drug-likeness (QED) is 0.228. The van der Waals surface area contributed by atoms with Crippen LogP contribution in [0.1, 0.15) is 10.5 Å². The summed E-state index contributed by atoms with van der Waals surface area (Å²) in [5, 5.41) is 6.46. The number of anilines is 2. The molecule has 0 bridgehead atoms. The molecule has 1 aromatic heterocycles. The van der Waals surface area contributed by atoms with E-state index in [9.17, 15) is 14.4 Å². The van der Waals surface area contributed by atoms with Crippen molar-refractivity contribution in [1.82, 2.24) is 4.68 Å². The number of rotatable bonds is 4. The Labute approximate surface area is 220 Å². The summed E-state index contributed by atoms with van der Waals surface area (Å²) in [6.45, 7) is 0. The van der Waals surface area contributed by atoms with Gasteiger partial charge >= 0.3 is 11.8 Å². The predicted octanol–water partition coefficient (Wildman–Crippen LogP) is 6.43. The van der Waals surface area contributed by atoms with Crippen LogP contribution in [0.3, 0.4) is 0 Å². The highest BCUT2D eigenvalue weighted by molar-refractivity contribution is 9.10. The number of aromatic nitrogens is 1. The number of carbonyl (C=O) groups excluding carboxylic acids is 3. The van der Waals surface area contributed by atoms with Gasteiger partial charge in [0.15, 0.2) is 0 Å². The molecule has 0 unspecified atom stereocenters. The Bertz CT molecular complexity index is 1440. The summed E-state index contributed by atoms with van der Waals surface area (Å²) in [6, 6.07) is 18.4. The van der Waals surface area contributed by atoms with Gasteiger partial charge in [-0.1, -0.05) is 55.1 Å². The second-order valence-electron chi connectivity index (χ2n) is 7.05. The van der Waals surface area contributed by atoms with Gasteiger partial charge in [0.2, 0.25) is 0 Å². The molecule has 0 spiro atoms. The van der Waals surface area contributed by atoms with Crippen molar-refractivity contribution in [2.75, 3.05) is 16.1 Å². The molecule has 0 saturated carbocycles. The summed E-state index contributed by atoms with van der Waals surface area (Å²) in [6.07, 6.45) is 0. The second kappa shape index (κ2) is 10.2. The van der Waals surface area contributed by atoms with Gasteiger partial charge in [-0.3, -0.25) is 19.8 Å². The maximum atomic E-state index is 13.1. The van der Waals surface area contributed by atoms with E-state index >= 15 is 0 Å². The Morgan fingerprint density at radius 1 is 0.765 bits per heavy atom. The average Bonchev–Trinajstić information content (AvgIpc) is 3.14. The zero-order valence-corrected chi connectivity index (χ0v) is 21.7. The molecule has 4 rings (SSSR count). The molecule has 0 fully saturated rings. The van der Waals surface area contributed by atoms with Crippen LogP contribution in [0.4, 0.5) is 11.4 Å². The lowest BCUT2D eigenvalue weighted by Crippen LogP contribution is -2.36. The van der Waals surface area contributed by atoms with E-state index in [2.05, 4.69) is 47.9 Å². The van der Waals surface area contributed by atoms with Crippen molar-refractivity contribution in [2.45, 2.75) is 0 Å². The number of carbonyl (C=O) groups is 3. The van der Waals surface area contributed by atoms with Crippen molar-refractivity contribution >= 4 is 95.1 Å². The molecule has 3 N–H and O–H groups in total. The average molecular weight is 625 g/mol. The summed E-state index contributed by atoms with van der Waals surface area (Å²) in [5.74, 6) is -2.44. The number of amides is 3. The van der Waals surface area contributed by atoms with Crippen molar-refractivity contribution < 1.29 is 14.4 Å². The largest absolute Gasteiger partial charge is 0.328 e. The highest BCUT2D eigenvalue weighted by Crippen LogP contribution is 2.26. The molecule has 0 radical (unpaired) electrons. The van der Waals surface area contributed by atoms with E-state index in [1.54, 1.807) is 48.5 Å². The fourth-order valence-corrected chi connectivity index (χ4v) is 4.22. The van der Waals surface area contributed by atoms with Crippen LogP contribution in [0.2, 0.25) is 10.0 Å². The molecular weight excluding hydrogens is 611 g/mol.